The van der Waals surface area contributed by atoms with Gasteiger partial charge in [0.25, 0.3) is 0 Å². The molecule has 2 rings (SSSR count). The second-order valence-corrected chi connectivity index (χ2v) is 6.56. The minimum Gasteiger partial charge on any atom is -0.481 e. The molecule has 2 fully saturated rings. The van der Waals surface area contributed by atoms with E-state index in [-0.39, 0.29) is 11.9 Å². The lowest BCUT2D eigenvalue weighted by Gasteiger charge is -2.37. The van der Waals surface area contributed by atoms with E-state index < -0.39 is 5.97 Å². The molecule has 0 aromatic heterocycles. The van der Waals surface area contributed by atoms with E-state index in [9.17, 15) is 9.59 Å². The van der Waals surface area contributed by atoms with Crippen LogP contribution in [-0.2, 0) is 4.79 Å². The van der Waals surface area contributed by atoms with Crippen molar-refractivity contribution in [2.45, 2.75) is 25.0 Å². The van der Waals surface area contributed by atoms with Crippen molar-refractivity contribution in [2.24, 2.45) is 5.92 Å². The molecule has 0 aromatic carbocycles. The number of carboxylic acid groups (broad SMARTS) is 1. The van der Waals surface area contributed by atoms with Gasteiger partial charge in [0.05, 0.1) is 5.92 Å². The summed E-state index contributed by atoms with van der Waals surface area (Å²) in [6, 6.07) is 0.0889. The molecule has 1 N–H and O–H groups in total. The van der Waals surface area contributed by atoms with Gasteiger partial charge in [0.1, 0.15) is 0 Å². The Kier molecular flexibility index (Phi) is 4.37. The lowest BCUT2D eigenvalue weighted by Crippen LogP contribution is -2.51. The summed E-state index contributed by atoms with van der Waals surface area (Å²) in [7, 11) is 0. The number of aliphatic carboxylic acids is 1. The van der Waals surface area contributed by atoms with Crippen molar-refractivity contribution in [3.05, 3.63) is 0 Å². The molecule has 0 bridgehead atoms. The number of urea groups is 1. The zero-order valence-electron chi connectivity index (χ0n) is 10.7. The molecule has 5 nitrogen and oxygen atoms in total. The molecule has 0 radical (unpaired) electrons. The summed E-state index contributed by atoms with van der Waals surface area (Å²) in [6.07, 6.45) is 1.17. The van der Waals surface area contributed by atoms with Crippen molar-refractivity contribution in [1.29, 1.82) is 0 Å². The van der Waals surface area contributed by atoms with E-state index >= 15 is 0 Å². The molecule has 2 aliphatic rings. The van der Waals surface area contributed by atoms with Crippen LogP contribution in [0, 0.1) is 5.92 Å². The predicted octanol–water partition coefficient (Wildman–Crippen LogP) is 1.34. The highest BCUT2D eigenvalue weighted by molar-refractivity contribution is 7.99. The number of carboxylic acids is 1. The van der Waals surface area contributed by atoms with Crippen LogP contribution in [0.4, 0.5) is 4.79 Å². The van der Waals surface area contributed by atoms with E-state index in [1.165, 1.54) is 0 Å². The highest BCUT2D eigenvalue weighted by Gasteiger charge is 2.30. The number of hydrogen-bond acceptors (Lipinski definition) is 3. The molecule has 0 aliphatic carbocycles. The van der Waals surface area contributed by atoms with Crippen LogP contribution in [0.15, 0.2) is 0 Å². The Bertz CT molecular complexity index is 329. The van der Waals surface area contributed by atoms with Crippen molar-refractivity contribution in [1.82, 2.24) is 9.80 Å². The van der Waals surface area contributed by atoms with Crippen LogP contribution in [0.3, 0.4) is 0 Å². The number of thioether (sulfide) groups is 1. The highest BCUT2D eigenvalue weighted by atomic mass is 32.2. The molecule has 18 heavy (non-hydrogen) atoms. The van der Waals surface area contributed by atoms with Gasteiger partial charge in [0.15, 0.2) is 0 Å². The fourth-order valence-electron chi connectivity index (χ4n) is 2.51. The number of piperidine rings is 1. The maximum Gasteiger partial charge on any atom is 0.320 e. The predicted molar refractivity (Wildman–Crippen MR) is 70.8 cm³/mol. The van der Waals surface area contributed by atoms with Gasteiger partial charge < -0.3 is 14.9 Å². The first-order valence-electron chi connectivity index (χ1n) is 6.46. The molecule has 0 aromatic rings. The van der Waals surface area contributed by atoms with E-state index in [1.54, 1.807) is 0 Å². The fraction of sp³-hybridized carbons (Fsp3) is 0.833. The number of rotatable bonds is 1. The molecule has 1 unspecified atom stereocenters. The van der Waals surface area contributed by atoms with Crippen LogP contribution < -0.4 is 0 Å². The van der Waals surface area contributed by atoms with E-state index in [1.807, 2.05) is 21.6 Å². The first kappa shape index (κ1) is 13.5. The van der Waals surface area contributed by atoms with Crippen molar-refractivity contribution in [3.8, 4) is 0 Å². The Hall–Kier alpha value is -0.910. The van der Waals surface area contributed by atoms with Gasteiger partial charge in [-0.1, -0.05) is 6.92 Å². The van der Waals surface area contributed by atoms with E-state index in [0.29, 0.717) is 31.2 Å². The summed E-state index contributed by atoms with van der Waals surface area (Å²) < 4.78 is 0. The van der Waals surface area contributed by atoms with Gasteiger partial charge in [0, 0.05) is 37.2 Å². The highest BCUT2D eigenvalue weighted by Crippen LogP contribution is 2.22. The number of carbonyl (C=O) groups excluding carboxylic acids is 1. The van der Waals surface area contributed by atoms with Gasteiger partial charge in [-0.15, -0.1) is 0 Å². The number of amides is 2. The summed E-state index contributed by atoms with van der Waals surface area (Å²) in [6.45, 7) is 4.91. The van der Waals surface area contributed by atoms with E-state index in [0.717, 1.165) is 18.8 Å². The Morgan fingerprint density at radius 2 is 1.83 bits per heavy atom. The van der Waals surface area contributed by atoms with Crippen LogP contribution >= 0.6 is 11.8 Å². The zero-order chi connectivity index (χ0) is 13.1. The third-order valence-electron chi connectivity index (χ3n) is 3.63. The van der Waals surface area contributed by atoms with Crippen molar-refractivity contribution >= 4 is 23.8 Å². The molecular formula is C12H20N2O3S. The monoisotopic (exact) mass is 272 g/mol. The first-order valence-corrected chi connectivity index (χ1v) is 7.51. The molecular weight excluding hydrogens is 252 g/mol. The van der Waals surface area contributed by atoms with E-state index in [2.05, 4.69) is 6.92 Å². The maximum atomic E-state index is 12.3. The van der Waals surface area contributed by atoms with Gasteiger partial charge in [-0.05, 0) is 12.8 Å². The Balaban J connectivity index is 1.85. The second-order valence-electron chi connectivity index (χ2n) is 5.01. The van der Waals surface area contributed by atoms with Crippen LogP contribution in [0.1, 0.15) is 19.8 Å². The van der Waals surface area contributed by atoms with Crippen LogP contribution in [0.25, 0.3) is 0 Å². The third-order valence-corrected chi connectivity index (χ3v) is 4.76. The van der Waals surface area contributed by atoms with Crippen molar-refractivity contribution in [2.75, 3.05) is 31.9 Å². The lowest BCUT2D eigenvalue weighted by molar-refractivity contribution is -0.143. The quantitative estimate of drug-likeness (QED) is 0.782. The van der Waals surface area contributed by atoms with Gasteiger partial charge in [-0.25, -0.2) is 4.79 Å². The summed E-state index contributed by atoms with van der Waals surface area (Å²) in [5, 5.41) is 9.43. The summed E-state index contributed by atoms with van der Waals surface area (Å²) >= 11 is 1.90. The standard InChI is InChI=1S/C12H20N2O3S/c1-9-8-14(6-7-18-9)12(17)13-4-2-10(3-5-13)11(15)16/h9-10H,2-8H2,1H3,(H,15,16). The number of likely N-dealkylation sites (tertiary alicyclic amines) is 1. The molecule has 6 heteroatoms. The molecule has 1 atom stereocenters. The second kappa shape index (κ2) is 5.82. The normalized spacial score (nSPS) is 26.2. The lowest BCUT2D eigenvalue weighted by atomic mass is 9.97. The van der Waals surface area contributed by atoms with Gasteiger partial charge in [-0.2, -0.15) is 11.8 Å². The zero-order valence-corrected chi connectivity index (χ0v) is 11.5. The van der Waals surface area contributed by atoms with Crippen LogP contribution in [0.5, 0.6) is 0 Å². The molecule has 2 heterocycles. The molecule has 2 amide bonds. The average Bonchev–Trinajstić information content (AvgIpc) is 2.38. The number of hydrogen-bond donors (Lipinski definition) is 1. The Morgan fingerprint density at radius 1 is 1.17 bits per heavy atom. The van der Waals surface area contributed by atoms with E-state index in [4.69, 9.17) is 5.11 Å². The minimum absolute atomic E-state index is 0.0889. The van der Waals surface area contributed by atoms with Gasteiger partial charge in [0.2, 0.25) is 0 Å². The van der Waals surface area contributed by atoms with Gasteiger partial charge >= 0.3 is 12.0 Å². The number of nitrogens with zero attached hydrogens (tertiary/aromatic N) is 2. The molecule has 102 valence electrons. The third kappa shape index (κ3) is 3.10. The number of carbonyl (C=O) groups is 2. The first-order chi connectivity index (χ1) is 8.58. The summed E-state index contributed by atoms with van der Waals surface area (Å²) in [5.74, 6) is -0.00614. The minimum atomic E-state index is -0.731. The SMILES string of the molecule is CC1CN(C(=O)N2CCC(C(=O)O)CC2)CCS1. The fourth-order valence-corrected chi connectivity index (χ4v) is 3.52. The largest absolute Gasteiger partial charge is 0.481 e. The molecule has 0 saturated carbocycles. The molecule has 2 aliphatic heterocycles. The smallest absolute Gasteiger partial charge is 0.320 e. The average molecular weight is 272 g/mol. The van der Waals surface area contributed by atoms with Crippen LogP contribution in [-0.4, -0.2) is 64.1 Å². The summed E-state index contributed by atoms with van der Waals surface area (Å²) in [4.78, 5) is 26.8. The van der Waals surface area contributed by atoms with Crippen molar-refractivity contribution < 1.29 is 14.7 Å². The maximum absolute atomic E-state index is 12.3. The Labute approximate surface area is 112 Å². The Morgan fingerprint density at radius 3 is 2.39 bits per heavy atom. The van der Waals surface area contributed by atoms with Crippen molar-refractivity contribution in [3.63, 3.8) is 0 Å². The molecule has 2 saturated heterocycles. The van der Waals surface area contributed by atoms with Crippen LogP contribution in [0.2, 0.25) is 0 Å². The summed E-state index contributed by atoms with van der Waals surface area (Å²) in [5.41, 5.74) is 0. The molecule has 0 spiro atoms. The van der Waals surface area contributed by atoms with Gasteiger partial charge in [-0.3, -0.25) is 4.79 Å². The topological polar surface area (TPSA) is 60.9 Å².